The van der Waals surface area contributed by atoms with E-state index in [0.29, 0.717) is 32.6 Å². The molecule has 0 aromatic carbocycles. The predicted octanol–water partition coefficient (Wildman–Crippen LogP) is 1.09. The van der Waals surface area contributed by atoms with E-state index in [4.69, 9.17) is 0 Å². The van der Waals surface area contributed by atoms with Crippen molar-refractivity contribution in [2.24, 2.45) is 5.92 Å². The Morgan fingerprint density at radius 3 is 3.09 bits per heavy atom. The van der Waals surface area contributed by atoms with Gasteiger partial charge in [0.15, 0.2) is 0 Å². The van der Waals surface area contributed by atoms with Crippen LogP contribution in [0.3, 0.4) is 0 Å². The van der Waals surface area contributed by atoms with Crippen molar-refractivity contribution in [3.63, 3.8) is 0 Å². The lowest BCUT2D eigenvalue weighted by molar-refractivity contribution is -0.128. The molecule has 1 atom stereocenters. The molecule has 2 N–H and O–H groups in total. The maximum atomic E-state index is 12.1. The molecule has 1 aliphatic heterocycles. The van der Waals surface area contributed by atoms with Crippen LogP contribution >= 0.6 is 11.3 Å². The highest BCUT2D eigenvalue weighted by Crippen LogP contribution is 2.23. The molecule has 7 nitrogen and oxygen atoms in total. The molecule has 0 unspecified atom stereocenters. The Labute approximate surface area is 138 Å². The van der Waals surface area contributed by atoms with Crippen LogP contribution in [0.4, 0.5) is 5.82 Å². The molecule has 23 heavy (non-hydrogen) atoms. The number of aromatic nitrogens is 2. The van der Waals surface area contributed by atoms with E-state index in [2.05, 4.69) is 20.6 Å². The maximum Gasteiger partial charge on any atom is 0.225 e. The first kappa shape index (κ1) is 15.7. The van der Waals surface area contributed by atoms with Crippen molar-refractivity contribution in [2.75, 3.05) is 31.5 Å². The van der Waals surface area contributed by atoms with E-state index in [1.807, 2.05) is 18.4 Å². The number of amides is 2. The highest BCUT2D eigenvalue weighted by atomic mass is 32.1. The number of carbonyl (C=O) groups excluding carboxylic acids is 2. The van der Waals surface area contributed by atoms with Crippen LogP contribution in [-0.4, -0.2) is 52.9 Å². The van der Waals surface area contributed by atoms with Crippen molar-refractivity contribution in [1.82, 2.24) is 20.2 Å². The average Bonchev–Trinajstić information content (AvgIpc) is 3.17. The van der Waals surface area contributed by atoms with E-state index in [9.17, 15) is 9.59 Å². The Morgan fingerprint density at radius 1 is 1.43 bits per heavy atom. The zero-order valence-corrected chi connectivity index (χ0v) is 13.7. The number of rotatable bonds is 6. The molecule has 0 spiro atoms. The minimum atomic E-state index is -0.231. The van der Waals surface area contributed by atoms with Crippen LogP contribution in [0.15, 0.2) is 17.8 Å². The molecule has 122 valence electrons. The van der Waals surface area contributed by atoms with Crippen molar-refractivity contribution < 1.29 is 9.59 Å². The molecule has 0 saturated carbocycles. The summed E-state index contributed by atoms with van der Waals surface area (Å²) in [6.07, 6.45) is 1.85. The Bertz CT molecular complexity index is 717. The van der Waals surface area contributed by atoms with E-state index in [-0.39, 0.29) is 17.7 Å². The minimum absolute atomic E-state index is 0.0560. The number of nitrogens with zero attached hydrogens (tertiary/aromatic N) is 3. The molecule has 1 fully saturated rings. The number of nitrogens with one attached hydrogen (secondary N) is 2. The van der Waals surface area contributed by atoms with Crippen LogP contribution in [0, 0.1) is 5.92 Å². The largest absolute Gasteiger partial charge is 0.368 e. The van der Waals surface area contributed by atoms with Gasteiger partial charge < -0.3 is 15.5 Å². The Balaban J connectivity index is 1.46. The Hall–Kier alpha value is -2.22. The summed E-state index contributed by atoms with van der Waals surface area (Å²) in [6.45, 7) is 4.18. The number of anilines is 1. The van der Waals surface area contributed by atoms with E-state index >= 15 is 0 Å². The van der Waals surface area contributed by atoms with Crippen LogP contribution in [0.5, 0.6) is 0 Å². The first-order valence-corrected chi connectivity index (χ1v) is 8.54. The third-order valence-electron chi connectivity index (χ3n) is 3.95. The van der Waals surface area contributed by atoms with Crippen molar-refractivity contribution in [3.8, 4) is 0 Å². The molecule has 0 radical (unpaired) electrons. The first-order chi connectivity index (χ1) is 11.2. The van der Waals surface area contributed by atoms with Gasteiger partial charge in [0, 0.05) is 32.6 Å². The zero-order chi connectivity index (χ0) is 16.2. The van der Waals surface area contributed by atoms with Gasteiger partial charge in [-0.2, -0.15) is 0 Å². The van der Waals surface area contributed by atoms with Crippen LogP contribution in [-0.2, 0) is 9.59 Å². The fourth-order valence-electron chi connectivity index (χ4n) is 2.70. The Morgan fingerprint density at radius 2 is 2.30 bits per heavy atom. The maximum absolute atomic E-state index is 12.1. The smallest absolute Gasteiger partial charge is 0.225 e. The minimum Gasteiger partial charge on any atom is -0.368 e. The van der Waals surface area contributed by atoms with Gasteiger partial charge in [0.25, 0.3) is 0 Å². The van der Waals surface area contributed by atoms with Gasteiger partial charge in [0.2, 0.25) is 11.8 Å². The van der Waals surface area contributed by atoms with E-state index in [1.54, 1.807) is 16.2 Å². The summed E-state index contributed by atoms with van der Waals surface area (Å²) < 4.78 is 0. The fraction of sp³-hybridized carbons (Fsp3) is 0.467. The van der Waals surface area contributed by atoms with Gasteiger partial charge in [-0.3, -0.25) is 9.59 Å². The number of hydrogen-bond donors (Lipinski definition) is 2. The number of hydrogen-bond acceptors (Lipinski definition) is 6. The van der Waals surface area contributed by atoms with Gasteiger partial charge >= 0.3 is 0 Å². The molecule has 3 rings (SSSR count). The van der Waals surface area contributed by atoms with Crippen LogP contribution in [0.1, 0.15) is 13.3 Å². The summed E-state index contributed by atoms with van der Waals surface area (Å²) in [5.41, 5.74) is 0. The third-order valence-corrected chi connectivity index (χ3v) is 4.77. The van der Waals surface area contributed by atoms with Crippen LogP contribution in [0.2, 0.25) is 0 Å². The molecular formula is C15H19N5O2S. The number of fused-ring (bicyclic) bond motifs is 1. The van der Waals surface area contributed by atoms with E-state index < -0.39 is 0 Å². The van der Waals surface area contributed by atoms with Crippen molar-refractivity contribution >= 4 is 39.2 Å². The van der Waals surface area contributed by atoms with Crippen molar-refractivity contribution in [1.29, 1.82) is 0 Å². The lowest BCUT2D eigenvalue weighted by Crippen LogP contribution is -2.35. The first-order valence-electron chi connectivity index (χ1n) is 7.66. The number of carbonyl (C=O) groups is 2. The number of thiophene rings is 1. The average molecular weight is 333 g/mol. The van der Waals surface area contributed by atoms with Gasteiger partial charge in [0.05, 0.1) is 11.3 Å². The molecular weight excluding hydrogens is 314 g/mol. The monoisotopic (exact) mass is 333 g/mol. The molecule has 3 heterocycles. The van der Waals surface area contributed by atoms with Crippen LogP contribution < -0.4 is 10.6 Å². The normalized spacial score (nSPS) is 17.7. The van der Waals surface area contributed by atoms with Gasteiger partial charge in [-0.1, -0.05) is 0 Å². The molecule has 8 heteroatoms. The Kier molecular flexibility index (Phi) is 4.71. The molecule has 1 saturated heterocycles. The molecule has 1 aliphatic rings. The summed E-state index contributed by atoms with van der Waals surface area (Å²) in [5, 5.41) is 9.06. The molecule has 0 aliphatic carbocycles. The highest BCUT2D eigenvalue weighted by Gasteiger charge is 2.32. The summed E-state index contributed by atoms with van der Waals surface area (Å²) in [4.78, 5) is 34.8. The molecule has 2 amide bonds. The topological polar surface area (TPSA) is 87.2 Å². The van der Waals surface area contributed by atoms with E-state index in [0.717, 1.165) is 16.0 Å². The molecule has 0 bridgehead atoms. The van der Waals surface area contributed by atoms with Gasteiger partial charge in [0.1, 0.15) is 17.0 Å². The second-order valence-corrected chi connectivity index (χ2v) is 6.31. The summed E-state index contributed by atoms with van der Waals surface area (Å²) >= 11 is 1.57. The summed E-state index contributed by atoms with van der Waals surface area (Å²) in [5.74, 6) is 0.551. The third kappa shape index (κ3) is 3.42. The standard InChI is InChI=1S/C15H19N5O2S/c1-2-20-8-10(7-12(20)21)14(22)17-5-4-16-13-11-3-6-23-15(11)19-9-18-13/h3,6,9-10H,2,4-5,7-8H2,1H3,(H,17,22)(H,16,18,19)/t10-/m0/s1. The summed E-state index contributed by atoms with van der Waals surface area (Å²) in [7, 11) is 0. The van der Waals surface area contributed by atoms with Crippen molar-refractivity contribution in [3.05, 3.63) is 17.8 Å². The van der Waals surface area contributed by atoms with E-state index in [1.165, 1.54) is 6.33 Å². The highest BCUT2D eigenvalue weighted by molar-refractivity contribution is 7.16. The molecule has 2 aromatic rings. The zero-order valence-electron chi connectivity index (χ0n) is 12.9. The second-order valence-electron chi connectivity index (χ2n) is 5.41. The van der Waals surface area contributed by atoms with Crippen molar-refractivity contribution in [2.45, 2.75) is 13.3 Å². The second kappa shape index (κ2) is 6.91. The van der Waals surface area contributed by atoms with Gasteiger partial charge in [-0.15, -0.1) is 11.3 Å². The van der Waals surface area contributed by atoms with Crippen LogP contribution in [0.25, 0.3) is 10.2 Å². The summed E-state index contributed by atoms with van der Waals surface area (Å²) in [6, 6.07) is 1.98. The SMILES string of the molecule is CCN1C[C@@H](C(=O)NCCNc2ncnc3sccc23)CC1=O. The quantitative estimate of drug-likeness (QED) is 0.773. The lowest BCUT2D eigenvalue weighted by Gasteiger charge is -2.14. The fourth-order valence-corrected chi connectivity index (χ4v) is 3.43. The molecule has 2 aromatic heterocycles. The van der Waals surface area contributed by atoms with Gasteiger partial charge in [-0.05, 0) is 18.4 Å². The predicted molar refractivity (Wildman–Crippen MR) is 89.3 cm³/mol. The number of likely N-dealkylation sites (tertiary alicyclic amines) is 1. The lowest BCUT2D eigenvalue weighted by atomic mass is 10.1. The van der Waals surface area contributed by atoms with Gasteiger partial charge in [-0.25, -0.2) is 9.97 Å².